The molecule has 0 atom stereocenters. The molecule has 0 amide bonds. The van der Waals surface area contributed by atoms with Crippen LogP contribution in [0.25, 0.3) is 33.1 Å². The molecule has 2 aliphatic heterocycles. The van der Waals surface area contributed by atoms with Crippen LogP contribution in [0.15, 0.2) is 101 Å². The summed E-state index contributed by atoms with van der Waals surface area (Å²) in [6.45, 7) is 31.8. The number of furan rings is 1. The zero-order valence-corrected chi connectivity index (χ0v) is 41.4. The number of hydrogen-bond acceptors (Lipinski definition) is 3. The van der Waals surface area contributed by atoms with Crippen LogP contribution in [-0.4, -0.2) is 6.85 Å². The number of nitrogens with zero attached hydrogens (tertiary/aromatic N) is 2. The average molecular weight is 855 g/mol. The van der Waals surface area contributed by atoms with Gasteiger partial charge in [0.1, 0.15) is 11.2 Å². The van der Waals surface area contributed by atoms with Gasteiger partial charge in [0, 0.05) is 39.4 Å². The molecule has 3 nitrogen and oxygen atoms in total. The Morgan fingerprint density at radius 1 is 0.462 bits per heavy atom. The van der Waals surface area contributed by atoms with Gasteiger partial charge in [-0.05, 0) is 188 Å². The van der Waals surface area contributed by atoms with E-state index in [2.05, 4.69) is 197 Å². The lowest BCUT2D eigenvalue weighted by Gasteiger charge is -2.49. The molecule has 0 fully saturated rings. The molecular formula is C61H67BN2O. The van der Waals surface area contributed by atoms with Crippen LogP contribution in [0.4, 0.5) is 28.4 Å². The first-order chi connectivity index (χ1) is 30.6. The van der Waals surface area contributed by atoms with Crippen LogP contribution in [0.1, 0.15) is 161 Å². The Kier molecular flexibility index (Phi) is 8.26. The highest BCUT2D eigenvalue weighted by atomic mass is 16.3. The molecule has 6 aromatic carbocycles. The molecule has 0 unspecified atom stereocenters. The smallest absolute Gasteiger partial charge is 0.333 e. The summed E-state index contributed by atoms with van der Waals surface area (Å²) in [6.07, 6.45) is 7.09. The summed E-state index contributed by atoms with van der Waals surface area (Å²) in [7, 11) is 0. The van der Waals surface area contributed by atoms with Gasteiger partial charge in [0.15, 0.2) is 0 Å². The van der Waals surface area contributed by atoms with Gasteiger partial charge in [-0.2, -0.15) is 0 Å². The van der Waals surface area contributed by atoms with Crippen molar-refractivity contribution >= 4 is 68.1 Å². The summed E-state index contributed by atoms with van der Waals surface area (Å²) in [5.41, 5.74) is 24.4. The normalized spacial score (nSPS) is 21.0. The topological polar surface area (TPSA) is 19.6 Å². The van der Waals surface area contributed by atoms with Crippen molar-refractivity contribution in [1.29, 1.82) is 0 Å². The average Bonchev–Trinajstić information content (AvgIpc) is 3.64. The van der Waals surface area contributed by atoms with E-state index in [1.54, 1.807) is 0 Å². The molecule has 7 aromatic rings. The van der Waals surface area contributed by atoms with Crippen molar-refractivity contribution in [2.75, 3.05) is 9.71 Å². The summed E-state index contributed by atoms with van der Waals surface area (Å²) in [5.74, 6) is 0. The van der Waals surface area contributed by atoms with Crippen LogP contribution in [0, 0.1) is 6.92 Å². The fourth-order valence-electron chi connectivity index (χ4n) is 13.5. The monoisotopic (exact) mass is 855 g/mol. The first kappa shape index (κ1) is 41.2. The predicted octanol–water partition coefficient (Wildman–Crippen LogP) is 15.6. The van der Waals surface area contributed by atoms with Crippen LogP contribution in [0.3, 0.4) is 0 Å². The van der Waals surface area contributed by atoms with E-state index in [0.717, 1.165) is 11.2 Å². The summed E-state index contributed by atoms with van der Waals surface area (Å²) in [5, 5.41) is 2.37. The molecule has 3 aliphatic carbocycles. The fourth-order valence-corrected chi connectivity index (χ4v) is 13.5. The third-order valence-electron chi connectivity index (χ3n) is 17.9. The van der Waals surface area contributed by atoms with E-state index in [0.29, 0.717) is 0 Å². The van der Waals surface area contributed by atoms with Crippen molar-refractivity contribution in [3.05, 3.63) is 136 Å². The van der Waals surface area contributed by atoms with Crippen molar-refractivity contribution in [2.24, 2.45) is 0 Å². The van der Waals surface area contributed by atoms with E-state index < -0.39 is 0 Å². The highest BCUT2D eigenvalue weighted by Crippen LogP contribution is 2.56. The minimum atomic E-state index is -0.0875. The van der Waals surface area contributed by atoms with E-state index in [-0.39, 0.29) is 39.3 Å². The minimum Gasteiger partial charge on any atom is -0.456 e. The molecular weight excluding hydrogens is 787 g/mol. The quantitative estimate of drug-likeness (QED) is 0.162. The summed E-state index contributed by atoms with van der Waals surface area (Å²) >= 11 is 0. The standard InChI is InChI=1S/C61H67BN2O/c1-36-30-41-39-20-23-52-53(40-16-14-15-17-51(40)65-52)55(39)64(38-19-22-43-45(33-38)59(8,9)27-25-57(43,4)5)62-48-34-46-47(61(12,13)29-28-60(46,10)11)35-49(48)63(50(31-36)54(41)62)37-18-21-42-44(32-37)58(6,7)26-24-56(42,2)3/h14-23,30-35H,24-29H2,1-13H3. The molecule has 0 N–H and O–H groups in total. The van der Waals surface area contributed by atoms with Crippen LogP contribution in [-0.2, 0) is 32.5 Å². The fraction of sp³-hybridized carbons (Fsp3) is 0.410. The Morgan fingerprint density at radius 3 is 1.60 bits per heavy atom. The lowest BCUT2D eigenvalue weighted by molar-refractivity contribution is 0.332. The second kappa shape index (κ2) is 13.0. The summed E-state index contributed by atoms with van der Waals surface area (Å²) < 4.78 is 6.78. The van der Waals surface area contributed by atoms with E-state index >= 15 is 0 Å². The maximum Gasteiger partial charge on any atom is 0.333 e. The van der Waals surface area contributed by atoms with Crippen molar-refractivity contribution in [1.82, 2.24) is 0 Å². The van der Waals surface area contributed by atoms with Crippen molar-refractivity contribution in [3.8, 4) is 11.1 Å². The molecule has 5 aliphatic rings. The first-order valence-electron chi connectivity index (χ1n) is 24.8. The van der Waals surface area contributed by atoms with Gasteiger partial charge in [0.25, 0.3) is 0 Å². The predicted molar refractivity (Wildman–Crippen MR) is 278 cm³/mol. The number of para-hydroxylation sites is 1. The number of hydrogen-bond donors (Lipinski definition) is 0. The number of anilines is 5. The van der Waals surface area contributed by atoms with Gasteiger partial charge in [-0.15, -0.1) is 0 Å². The second-order valence-electron chi connectivity index (χ2n) is 25.0. The highest BCUT2D eigenvalue weighted by Gasteiger charge is 2.50. The largest absolute Gasteiger partial charge is 0.456 e. The Morgan fingerprint density at radius 2 is 0.985 bits per heavy atom. The first-order valence-corrected chi connectivity index (χ1v) is 24.8. The maximum atomic E-state index is 6.78. The lowest BCUT2D eigenvalue weighted by Crippen LogP contribution is -2.62. The van der Waals surface area contributed by atoms with Gasteiger partial charge >= 0.3 is 6.85 Å². The molecule has 0 spiro atoms. The van der Waals surface area contributed by atoms with Crippen LogP contribution >= 0.6 is 0 Å². The zero-order valence-electron chi connectivity index (χ0n) is 41.4. The zero-order chi connectivity index (χ0) is 45.5. The number of rotatable bonds is 2. The molecule has 330 valence electrons. The molecule has 0 saturated carbocycles. The van der Waals surface area contributed by atoms with Gasteiger partial charge < -0.3 is 14.1 Å². The minimum absolute atomic E-state index is 0.0371. The van der Waals surface area contributed by atoms with E-state index in [4.69, 9.17) is 4.42 Å². The molecule has 12 rings (SSSR count). The lowest BCUT2D eigenvalue weighted by atomic mass is 9.42. The van der Waals surface area contributed by atoms with Gasteiger partial charge in [-0.25, -0.2) is 0 Å². The van der Waals surface area contributed by atoms with Gasteiger partial charge in [0.2, 0.25) is 0 Å². The Hall–Kier alpha value is -5.22. The van der Waals surface area contributed by atoms with Crippen molar-refractivity contribution in [2.45, 2.75) is 161 Å². The van der Waals surface area contributed by atoms with Crippen molar-refractivity contribution < 1.29 is 4.42 Å². The Labute approximate surface area is 388 Å². The Bertz CT molecular complexity index is 3210. The van der Waals surface area contributed by atoms with Gasteiger partial charge in [-0.3, -0.25) is 0 Å². The molecule has 1 aromatic heterocycles. The molecule has 4 heteroatoms. The van der Waals surface area contributed by atoms with Crippen LogP contribution < -0.4 is 20.6 Å². The third kappa shape index (κ3) is 5.74. The molecule has 0 bridgehead atoms. The number of fused-ring (bicyclic) bond motifs is 11. The van der Waals surface area contributed by atoms with E-state index in [1.165, 1.54) is 139 Å². The molecule has 0 saturated heterocycles. The molecule has 3 heterocycles. The number of benzene rings is 6. The SMILES string of the molecule is Cc1cc2c3c(c1)N(c1ccc4c(c1)C(C)(C)CCC4(C)C)c1cc4c(cc1B3N(c1ccc3c(c1)C(C)(C)CCC3(C)C)c1c-2ccc2oc3ccccc3c12)C(C)(C)CCC4(C)C. The highest BCUT2D eigenvalue weighted by molar-refractivity contribution is 6.94. The van der Waals surface area contributed by atoms with Crippen molar-refractivity contribution in [3.63, 3.8) is 0 Å². The van der Waals surface area contributed by atoms with Gasteiger partial charge in [0.05, 0.1) is 5.39 Å². The van der Waals surface area contributed by atoms with Crippen LogP contribution in [0.5, 0.6) is 0 Å². The summed E-state index contributed by atoms with van der Waals surface area (Å²) in [4.78, 5) is 5.47. The Balaban J connectivity index is 1.23. The number of aryl methyl sites for hydroxylation is 1. The summed E-state index contributed by atoms with van der Waals surface area (Å²) in [6, 6.07) is 38.7. The third-order valence-corrected chi connectivity index (χ3v) is 17.9. The van der Waals surface area contributed by atoms with Crippen LogP contribution in [0.2, 0.25) is 0 Å². The molecule has 65 heavy (non-hydrogen) atoms. The van der Waals surface area contributed by atoms with E-state index in [9.17, 15) is 0 Å². The van der Waals surface area contributed by atoms with Gasteiger partial charge in [-0.1, -0.05) is 126 Å². The second-order valence-corrected chi connectivity index (χ2v) is 25.0. The molecule has 0 radical (unpaired) electrons. The van der Waals surface area contributed by atoms with E-state index in [1.807, 2.05) is 0 Å². The maximum absolute atomic E-state index is 6.78.